The van der Waals surface area contributed by atoms with Gasteiger partial charge in [-0.05, 0) is 63.0 Å². The van der Waals surface area contributed by atoms with Crippen molar-refractivity contribution in [2.24, 2.45) is 0 Å². The van der Waals surface area contributed by atoms with Gasteiger partial charge in [-0.2, -0.15) is 0 Å². The monoisotopic (exact) mass is 338 g/mol. The summed E-state index contributed by atoms with van der Waals surface area (Å²) in [5.41, 5.74) is 1.40. The lowest BCUT2D eigenvalue weighted by molar-refractivity contribution is 0.190. The summed E-state index contributed by atoms with van der Waals surface area (Å²) < 4.78 is 1.17. The largest absolute Gasteiger partial charge is 0.307 e. The number of hydrogen-bond donors (Lipinski definition) is 1. The maximum Gasteiger partial charge on any atom is 0.0320 e. The summed E-state index contributed by atoms with van der Waals surface area (Å²) in [6, 6.07) is 9.86. The Labute approximate surface area is 132 Å². The summed E-state index contributed by atoms with van der Waals surface area (Å²) in [6.07, 6.45) is 4.98. The highest BCUT2D eigenvalue weighted by Gasteiger charge is 2.21. The zero-order valence-corrected chi connectivity index (χ0v) is 14.3. The fourth-order valence-electron chi connectivity index (χ4n) is 3.10. The van der Waals surface area contributed by atoms with Gasteiger partial charge in [0.1, 0.15) is 0 Å². The molecule has 1 saturated heterocycles. The number of piperidine rings is 1. The van der Waals surface area contributed by atoms with E-state index in [2.05, 4.69) is 64.3 Å². The summed E-state index contributed by atoms with van der Waals surface area (Å²) in [5.74, 6) is 0. The van der Waals surface area contributed by atoms with E-state index >= 15 is 0 Å². The van der Waals surface area contributed by atoms with Crippen LogP contribution in [0.1, 0.15) is 51.1 Å². The van der Waals surface area contributed by atoms with Crippen LogP contribution in [0.2, 0.25) is 0 Å². The van der Waals surface area contributed by atoms with E-state index in [1.54, 1.807) is 0 Å². The maximum atomic E-state index is 3.86. The standard InChI is InChI=1S/C17H27BrN2/c1-3-10-20-11-8-16(9-12-20)19-17(4-2)14-6-5-7-15(18)13-14/h5-7,13,16-17,19H,3-4,8-12H2,1-2H3. The molecule has 0 spiro atoms. The first-order valence-corrected chi connectivity index (χ1v) is 8.76. The predicted molar refractivity (Wildman–Crippen MR) is 90.1 cm³/mol. The van der Waals surface area contributed by atoms with Gasteiger partial charge >= 0.3 is 0 Å². The smallest absolute Gasteiger partial charge is 0.0320 e. The van der Waals surface area contributed by atoms with Crippen LogP contribution in [0, 0.1) is 0 Å². The van der Waals surface area contributed by atoms with Gasteiger partial charge in [0.05, 0.1) is 0 Å². The van der Waals surface area contributed by atoms with Crippen LogP contribution in [0.3, 0.4) is 0 Å². The third-order valence-corrected chi connectivity index (χ3v) is 4.72. The molecule has 0 amide bonds. The van der Waals surface area contributed by atoms with Gasteiger partial charge in [0.25, 0.3) is 0 Å². The average molecular weight is 339 g/mol. The molecule has 2 nitrogen and oxygen atoms in total. The van der Waals surface area contributed by atoms with E-state index in [1.807, 2.05) is 0 Å². The van der Waals surface area contributed by atoms with Gasteiger partial charge in [-0.3, -0.25) is 0 Å². The maximum absolute atomic E-state index is 3.86. The van der Waals surface area contributed by atoms with Crippen molar-refractivity contribution in [3.63, 3.8) is 0 Å². The Hall–Kier alpha value is -0.380. The first kappa shape index (κ1) is 16.0. The van der Waals surface area contributed by atoms with E-state index in [-0.39, 0.29) is 0 Å². The minimum atomic E-state index is 0.482. The summed E-state index contributed by atoms with van der Waals surface area (Å²) in [4.78, 5) is 2.60. The fraction of sp³-hybridized carbons (Fsp3) is 0.647. The van der Waals surface area contributed by atoms with Crippen LogP contribution >= 0.6 is 15.9 Å². The van der Waals surface area contributed by atoms with Crippen LogP contribution in [0.25, 0.3) is 0 Å². The van der Waals surface area contributed by atoms with Crippen molar-refractivity contribution in [2.75, 3.05) is 19.6 Å². The molecular weight excluding hydrogens is 312 g/mol. The molecule has 0 radical (unpaired) electrons. The predicted octanol–water partition coefficient (Wildman–Crippen LogP) is 4.36. The minimum absolute atomic E-state index is 0.482. The normalized spacial score (nSPS) is 19.1. The first-order valence-electron chi connectivity index (χ1n) is 7.96. The lowest BCUT2D eigenvalue weighted by Gasteiger charge is -2.34. The number of benzene rings is 1. The summed E-state index contributed by atoms with van der Waals surface area (Å²) in [5, 5.41) is 3.86. The molecule has 1 aliphatic rings. The van der Waals surface area contributed by atoms with E-state index < -0.39 is 0 Å². The quantitative estimate of drug-likeness (QED) is 0.828. The number of likely N-dealkylation sites (tertiary alicyclic amines) is 1. The van der Waals surface area contributed by atoms with E-state index in [0.717, 1.165) is 6.42 Å². The highest BCUT2D eigenvalue weighted by Crippen LogP contribution is 2.23. The Balaban J connectivity index is 1.88. The van der Waals surface area contributed by atoms with Crippen molar-refractivity contribution in [3.8, 4) is 0 Å². The van der Waals surface area contributed by atoms with Gasteiger partial charge in [0.15, 0.2) is 0 Å². The summed E-state index contributed by atoms with van der Waals surface area (Å²) in [6.45, 7) is 8.30. The van der Waals surface area contributed by atoms with Gasteiger partial charge in [-0.25, -0.2) is 0 Å². The minimum Gasteiger partial charge on any atom is -0.307 e. The molecule has 1 atom stereocenters. The molecule has 1 N–H and O–H groups in total. The number of hydrogen-bond acceptors (Lipinski definition) is 2. The van der Waals surface area contributed by atoms with E-state index in [0.29, 0.717) is 12.1 Å². The molecule has 1 unspecified atom stereocenters. The second-order valence-corrected chi connectivity index (χ2v) is 6.71. The second kappa shape index (κ2) is 8.16. The zero-order chi connectivity index (χ0) is 14.4. The van der Waals surface area contributed by atoms with E-state index in [9.17, 15) is 0 Å². The van der Waals surface area contributed by atoms with Crippen LogP contribution in [-0.2, 0) is 0 Å². The Morgan fingerprint density at radius 1 is 1.30 bits per heavy atom. The molecular formula is C17H27BrN2. The highest BCUT2D eigenvalue weighted by atomic mass is 79.9. The average Bonchev–Trinajstić information content (AvgIpc) is 2.47. The van der Waals surface area contributed by atoms with Gasteiger partial charge in [0.2, 0.25) is 0 Å². The van der Waals surface area contributed by atoms with Gasteiger partial charge < -0.3 is 10.2 Å². The number of rotatable bonds is 6. The topological polar surface area (TPSA) is 15.3 Å². The molecule has 0 aromatic heterocycles. The van der Waals surface area contributed by atoms with Crippen LogP contribution in [0.15, 0.2) is 28.7 Å². The summed E-state index contributed by atoms with van der Waals surface area (Å²) in [7, 11) is 0. The van der Waals surface area contributed by atoms with Crippen molar-refractivity contribution in [1.29, 1.82) is 0 Å². The Morgan fingerprint density at radius 3 is 2.65 bits per heavy atom. The molecule has 2 rings (SSSR count). The Bertz CT molecular complexity index is 400. The lowest BCUT2D eigenvalue weighted by atomic mass is 9.99. The first-order chi connectivity index (χ1) is 9.72. The van der Waals surface area contributed by atoms with Crippen molar-refractivity contribution in [1.82, 2.24) is 10.2 Å². The Morgan fingerprint density at radius 2 is 2.05 bits per heavy atom. The second-order valence-electron chi connectivity index (χ2n) is 5.80. The molecule has 0 aliphatic carbocycles. The van der Waals surface area contributed by atoms with Crippen LogP contribution in [-0.4, -0.2) is 30.6 Å². The van der Waals surface area contributed by atoms with E-state index in [1.165, 1.54) is 48.9 Å². The number of nitrogens with one attached hydrogen (secondary N) is 1. The summed E-state index contributed by atoms with van der Waals surface area (Å²) >= 11 is 3.58. The van der Waals surface area contributed by atoms with Gasteiger partial charge in [-0.1, -0.05) is 41.9 Å². The number of halogens is 1. The van der Waals surface area contributed by atoms with Gasteiger partial charge in [0, 0.05) is 16.6 Å². The third-order valence-electron chi connectivity index (χ3n) is 4.22. The van der Waals surface area contributed by atoms with Crippen LogP contribution < -0.4 is 5.32 Å². The van der Waals surface area contributed by atoms with Crippen molar-refractivity contribution in [3.05, 3.63) is 34.3 Å². The Kier molecular flexibility index (Phi) is 6.53. The highest BCUT2D eigenvalue weighted by molar-refractivity contribution is 9.10. The van der Waals surface area contributed by atoms with Crippen molar-refractivity contribution in [2.45, 2.75) is 51.6 Å². The zero-order valence-electron chi connectivity index (χ0n) is 12.7. The molecule has 1 aromatic rings. The van der Waals surface area contributed by atoms with Crippen LogP contribution in [0.4, 0.5) is 0 Å². The molecule has 1 aromatic carbocycles. The third kappa shape index (κ3) is 4.57. The molecule has 0 bridgehead atoms. The number of nitrogens with zero attached hydrogens (tertiary/aromatic N) is 1. The fourth-order valence-corrected chi connectivity index (χ4v) is 3.51. The molecule has 0 saturated carbocycles. The SMILES string of the molecule is CCCN1CCC(NC(CC)c2cccc(Br)c2)CC1. The molecule has 3 heteroatoms. The lowest BCUT2D eigenvalue weighted by Crippen LogP contribution is -2.43. The van der Waals surface area contributed by atoms with E-state index in [4.69, 9.17) is 0 Å². The van der Waals surface area contributed by atoms with Crippen molar-refractivity contribution < 1.29 is 0 Å². The van der Waals surface area contributed by atoms with Gasteiger partial charge in [-0.15, -0.1) is 0 Å². The van der Waals surface area contributed by atoms with Crippen molar-refractivity contribution >= 4 is 15.9 Å². The molecule has 112 valence electrons. The molecule has 20 heavy (non-hydrogen) atoms. The van der Waals surface area contributed by atoms with Crippen LogP contribution in [0.5, 0.6) is 0 Å². The molecule has 1 aliphatic heterocycles. The molecule has 1 heterocycles. The molecule has 1 fully saturated rings.